The molecule has 6 aliphatic rings. The lowest BCUT2D eigenvalue weighted by atomic mass is 9.39. The predicted molar refractivity (Wildman–Crippen MR) is 248 cm³/mol. The molecule has 17 heteroatoms. The van der Waals surface area contributed by atoms with Crippen molar-refractivity contribution in [2.24, 2.45) is 27.6 Å². The zero-order chi connectivity index (χ0) is 45.3. The van der Waals surface area contributed by atoms with E-state index in [-0.39, 0.29) is 112 Å². The maximum atomic E-state index is 14.0. The number of furan rings is 1. The van der Waals surface area contributed by atoms with Gasteiger partial charge in [-0.05, 0) is 99.4 Å². The summed E-state index contributed by atoms with van der Waals surface area (Å²) in [4.78, 5) is 53.5. The second kappa shape index (κ2) is 18.2. The zero-order valence-electron chi connectivity index (χ0n) is 37.2. The van der Waals surface area contributed by atoms with Gasteiger partial charge in [0.25, 0.3) is 0 Å². The molecule has 65 heavy (non-hydrogen) atoms. The molecule has 0 radical (unpaired) electrons. The Labute approximate surface area is 390 Å². The van der Waals surface area contributed by atoms with Gasteiger partial charge in [-0.1, -0.05) is 19.9 Å². The zero-order valence-corrected chi connectivity index (χ0v) is 38.8. The van der Waals surface area contributed by atoms with Crippen molar-refractivity contribution in [3.8, 4) is 11.5 Å². The average Bonchev–Trinajstić information content (AvgIpc) is 3.60. The number of carbonyl (C=O) groups excluding carboxylic acids is 4. The van der Waals surface area contributed by atoms with Crippen LogP contribution < -0.4 is 21.3 Å². The molecule has 352 valence electrons. The van der Waals surface area contributed by atoms with Gasteiger partial charge in [0.1, 0.15) is 17.1 Å². The molecule has 3 fully saturated rings. The van der Waals surface area contributed by atoms with E-state index >= 15 is 0 Å². The molecular formula is C48H60Cl2N4O11. The van der Waals surface area contributed by atoms with Crippen molar-refractivity contribution in [2.45, 2.75) is 71.5 Å². The number of ether oxygens (including phenoxy) is 1. The number of hydrogen-bond acceptors (Lipinski definition) is 15. The maximum Gasteiger partial charge on any atom is 0.206 e. The van der Waals surface area contributed by atoms with Gasteiger partial charge in [-0.2, -0.15) is 0 Å². The van der Waals surface area contributed by atoms with Crippen LogP contribution in [0.1, 0.15) is 97.2 Å². The average molecular weight is 940 g/mol. The number of carbonyl (C=O) groups is 4. The Morgan fingerprint density at radius 1 is 0.723 bits per heavy atom. The number of fused-ring (bicyclic) bond motifs is 5. The van der Waals surface area contributed by atoms with Crippen LogP contribution in [0.25, 0.3) is 0 Å². The quantitative estimate of drug-likeness (QED) is 0.0450. The first-order chi connectivity index (χ1) is 30.0. The summed E-state index contributed by atoms with van der Waals surface area (Å²) >= 11 is 0. The molecule has 7 unspecified atom stereocenters. The number of allylic oxidation sites excluding steroid dienone is 4. The number of nitrogens with one attached hydrogen (secondary N) is 4. The van der Waals surface area contributed by atoms with Crippen LogP contribution in [0.4, 0.5) is 11.4 Å². The van der Waals surface area contributed by atoms with Gasteiger partial charge < -0.3 is 56.0 Å². The molecule has 3 aromatic rings. The molecule has 15 nitrogen and oxygen atoms in total. The number of halogens is 2. The Kier molecular flexibility index (Phi) is 13.9. The van der Waals surface area contributed by atoms with E-state index in [4.69, 9.17) is 19.4 Å². The van der Waals surface area contributed by atoms with Gasteiger partial charge in [-0.25, -0.2) is 0 Å². The summed E-state index contributed by atoms with van der Waals surface area (Å²) in [6.07, 6.45) is 9.76. The minimum absolute atomic E-state index is 0. The van der Waals surface area contributed by atoms with Gasteiger partial charge in [0.05, 0.1) is 64.9 Å². The number of ketones is 4. The van der Waals surface area contributed by atoms with E-state index in [2.05, 4.69) is 35.1 Å². The van der Waals surface area contributed by atoms with Crippen LogP contribution in [-0.2, 0) is 14.3 Å². The van der Waals surface area contributed by atoms with Gasteiger partial charge in [-0.15, -0.1) is 24.8 Å². The molecule has 0 bridgehead atoms. The van der Waals surface area contributed by atoms with Crippen LogP contribution in [0.3, 0.4) is 0 Å². The Bertz CT molecular complexity index is 2360. The predicted octanol–water partition coefficient (Wildman–Crippen LogP) is 5.60. The molecule has 0 amide bonds. The molecule has 2 heterocycles. The SMILES string of the molecule is CC1(C)C(=O)C=CC2(C)C1=C(O)C(=O)C1(C)C2CCC2(C)C(c3ccoc3)CC3OC321.Cl.Cl.O=C1c2c(O)ccc(O)c2C(=O)c2c(NCCNCCO)ccc(NCCNCCO)c21. The Morgan fingerprint density at radius 2 is 1.28 bits per heavy atom. The Morgan fingerprint density at radius 3 is 1.78 bits per heavy atom. The van der Waals surface area contributed by atoms with Crippen LogP contribution in [0.2, 0.25) is 0 Å². The van der Waals surface area contributed by atoms with Crippen molar-refractivity contribution in [1.82, 2.24) is 10.6 Å². The van der Waals surface area contributed by atoms with Crippen LogP contribution >= 0.6 is 24.8 Å². The number of aromatic hydroxyl groups is 2. The number of epoxide rings is 1. The highest BCUT2D eigenvalue weighted by atomic mass is 35.5. The summed E-state index contributed by atoms with van der Waals surface area (Å²) in [7, 11) is 0. The summed E-state index contributed by atoms with van der Waals surface area (Å²) in [5, 5.41) is 61.9. The number of anilines is 2. The lowest BCUT2D eigenvalue weighted by Crippen LogP contribution is -2.66. The minimum atomic E-state index is -0.901. The lowest BCUT2D eigenvalue weighted by molar-refractivity contribution is -0.162. The standard InChI is InChI=1S/C26H30O5.C22H28N4O6.2ClH/c1-22(2)17(27)7-9-23(3)16-6-10-24(4)15(14-8-11-30-13-14)12-18-26(24,31-18)25(16,5)21(29)19(28)20(22)23;27-11-9-23-5-7-25-13-1-2-14(26-8-6-24-10-12-28)18-17(13)21(31)19-15(29)3-4-16(30)20(19)22(18)32;;/h7-9,11,13,15-16,18,28H,6,10,12H2,1-5H3;1-4,23-30H,5-12H2;2*1H. The number of aliphatic hydroxyl groups excluding tert-OH is 3. The highest BCUT2D eigenvalue weighted by Gasteiger charge is 2.87. The smallest absolute Gasteiger partial charge is 0.206 e. The fraction of sp³-hybridized carbons (Fsp3) is 0.500. The third kappa shape index (κ3) is 7.29. The Balaban J connectivity index is 0.000000209. The van der Waals surface area contributed by atoms with Crippen molar-refractivity contribution < 1.29 is 53.9 Å². The maximum absolute atomic E-state index is 14.0. The van der Waals surface area contributed by atoms with Crippen LogP contribution in [-0.4, -0.2) is 113 Å². The van der Waals surface area contributed by atoms with Crippen molar-refractivity contribution in [1.29, 1.82) is 0 Å². The fourth-order valence-electron chi connectivity index (χ4n) is 12.4. The second-order valence-electron chi connectivity index (χ2n) is 18.8. The summed E-state index contributed by atoms with van der Waals surface area (Å²) in [6.45, 7) is 12.8. The number of hydrogen-bond donors (Lipinski definition) is 9. The van der Waals surface area contributed by atoms with Gasteiger partial charge in [-0.3, -0.25) is 19.2 Å². The molecule has 1 aromatic heterocycles. The van der Waals surface area contributed by atoms with Crippen LogP contribution in [0.15, 0.2) is 70.8 Å². The summed E-state index contributed by atoms with van der Waals surface area (Å²) in [5.41, 5.74) is -0.722. The van der Waals surface area contributed by atoms with Gasteiger partial charge >= 0.3 is 0 Å². The first-order valence-electron chi connectivity index (χ1n) is 21.8. The van der Waals surface area contributed by atoms with Crippen molar-refractivity contribution in [2.75, 3.05) is 63.1 Å². The normalized spacial score (nSPS) is 29.7. The largest absolute Gasteiger partial charge is 0.507 e. The molecule has 1 spiro atoms. The van der Waals surface area contributed by atoms with Crippen molar-refractivity contribution in [3.63, 3.8) is 0 Å². The van der Waals surface area contributed by atoms with E-state index in [9.17, 15) is 34.5 Å². The lowest BCUT2D eigenvalue weighted by Gasteiger charge is -2.62. The molecule has 9 rings (SSSR count). The molecular weight excluding hydrogens is 879 g/mol. The van der Waals surface area contributed by atoms with Crippen LogP contribution in [0, 0.1) is 27.6 Å². The summed E-state index contributed by atoms with van der Waals surface area (Å²) in [5.74, 6) is -2.17. The molecule has 1 aliphatic heterocycles. The van der Waals surface area contributed by atoms with E-state index in [1.54, 1.807) is 24.5 Å². The third-order valence-corrected chi connectivity index (χ3v) is 15.3. The van der Waals surface area contributed by atoms with Gasteiger partial charge in [0, 0.05) is 61.5 Å². The summed E-state index contributed by atoms with van der Waals surface area (Å²) in [6, 6.07) is 7.77. The fourth-order valence-corrected chi connectivity index (χ4v) is 12.4. The number of rotatable bonds is 13. The number of Topliss-reactive ketones (excluding diaryl/α,β-unsaturated/α-hetero) is 1. The highest BCUT2D eigenvalue weighted by Crippen LogP contribution is 2.81. The number of aliphatic hydroxyl groups is 3. The number of phenolic OH excluding ortho intramolecular Hbond substituents is 2. The van der Waals surface area contributed by atoms with Crippen molar-refractivity contribution in [3.05, 3.63) is 94.2 Å². The second-order valence-corrected chi connectivity index (χ2v) is 18.8. The molecule has 1 saturated heterocycles. The first kappa shape index (κ1) is 49.7. The highest BCUT2D eigenvalue weighted by molar-refractivity contribution is 6.33. The van der Waals surface area contributed by atoms with Crippen LogP contribution in [0.5, 0.6) is 11.5 Å². The van der Waals surface area contributed by atoms with E-state index in [0.717, 1.165) is 19.3 Å². The van der Waals surface area contributed by atoms with E-state index in [1.807, 2.05) is 39.2 Å². The van der Waals surface area contributed by atoms with E-state index in [0.29, 0.717) is 56.2 Å². The monoisotopic (exact) mass is 938 g/mol. The molecule has 7 atom stereocenters. The third-order valence-electron chi connectivity index (χ3n) is 15.3. The van der Waals surface area contributed by atoms with E-state index in [1.165, 1.54) is 17.7 Å². The van der Waals surface area contributed by atoms with Gasteiger partial charge in [0.2, 0.25) is 17.3 Å². The molecule has 2 aromatic carbocycles. The molecule has 9 N–H and O–H groups in total. The van der Waals surface area contributed by atoms with E-state index < -0.39 is 33.4 Å². The van der Waals surface area contributed by atoms with Gasteiger partial charge in [0.15, 0.2) is 11.5 Å². The molecule has 2 saturated carbocycles. The topological polar surface area (TPSA) is 243 Å². The number of phenols is 2. The summed E-state index contributed by atoms with van der Waals surface area (Å²) < 4.78 is 11.9. The minimum Gasteiger partial charge on any atom is -0.507 e. The van der Waals surface area contributed by atoms with Crippen molar-refractivity contribution >= 4 is 59.3 Å². The Hall–Kier alpha value is -4.74. The molecule has 5 aliphatic carbocycles. The number of benzene rings is 2. The first-order valence-corrected chi connectivity index (χ1v) is 21.8.